The summed E-state index contributed by atoms with van der Waals surface area (Å²) in [6.07, 6.45) is 4.70. The third-order valence-electron chi connectivity index (χ3n) is 2.28. The van der Waals surface area contributed by atoms with Crippen LogP contribution in [0.3, 0.4) is 0 Å². The van der Waals surface area contributed by atoms with Crippen molar-refractivity contribution in [2.24, 2.45) is 0 Å². The molecular weight excluding hydrogens is 222 g/mol. The van der Waals surface area contributed by atoms with E-state index in [9.17, 15) is 4.21 Å². The minimum Gasteiger partial charge on any atom is -0.311 e. The molecule has 4 nitrogen and oxygen atoms in total. The molecule has 0 radical (unpaired) electrons. The summed E-state index contributed by atoms with van der Waals surface area (Å²) in [6, 6.07) is 2.45. The summed E-state index contributed by atoms with van der Waals surface area (Å²) < 4.78 is 12.8. The van der Waals surface area contributed by atoms with Crippen molar-refractivity contribution in [1.82, 2.24) is 15.1 Å². The summed E-state index contributed by atoms with van der Waals surface area (Å²) in [4.78, 5) is 0. The van der Waals surface area contributed by atoms with E-state index in [1.807, 2.05) is 16.9 Å². The van der Waals surface area contributed by atoms with Crippen LogP contribution >= 0.6 is 0 Å². The Kier molecular flexibility index (Phi) is 5.69. The van der Waals surface area contributed by atoms with Gasteiger partial charge >= 0.3 is 0 Å². The number of nitrogens with zero attached hydrogens (tertiary/aromatic N) is 2. The summed E-state index contributed by atoms with van der Waals surface area (Å²) >= 11 is 0. The Morgan fingerprint density at radius 3 is 2.88 bits per heavy atom. The average molecular weight is 243 g/mol. The van der Waals surface area contributed by atoms with Crippen LogP contribution in [0.4, 0.5) is 0 Å². The molecule has 0 aliphatic rings. The number of rotatable bonds is 7. The fourth-order valence-corrected chi connectivity index (χ4v) is 1.93. The number of nitrogens with one attached hydrogen (secondary N) is 1. The van der Waals surface area contributed by atoms with Crippen LogP contribution in [0.2, 0.25) is 0 Å². The van der Waals surface area contributed by atoms with Gasteiger partial charge in [0.1, 0.15) is 0 Å². The first-order chi connectivity index (χ1) is 7.59. The zero-order chi connectivity index (χ0) is 12.0. The highest BCUT2D eigenvalue weighted by Gasteiger charge is 2.01. The third kappa shape index (κ3) is 4.90. The smallest absolute Gasteiger partial charge is 0.0762 e. The Morgan fingerprint density at radius 2 is 2.31 bits per heavy atom. The Balaban J connectivity index is 2.19. The standard InChI is InChI=1S/C11H21N3OS/c1-10(2)14-7-5-11(13-14)9-12-6-4-8-16(3)15/h5,7,10,12H,4,6,8-9H2,1-3H3. The minimum atomic E-state index is -0.675. The Bertz CT molecular complexity index is 336. The second kappa shape index (κ2) is 6.81. The summed E-state index contributed by atoms with van der Waals surface area (Å²) in [7, 11) is -0.675. The van der Waals surface area contributed by atoms with Crippen LogP contribution in [-0.2, 0) is 17.3 Å². The zero-order valence-corrected chi connectivity index (χ0v) is 11.1. The summed E-state index contributed by atoms with van der Waals surface area (Å²) in [5.74, 6) is 0.771. The molecule has 1 aromatic rings. The van der Waals surface area contributed by atoms with Gasteiger partial charge in [-0.1, -0.05) is 0 Å². The number of aromatic nitrogens is 2. The average Bonchev–Trinajstić information content (AvgIpc) is 2.65. The Labute approximate surface area is 99.9 Å². The molecule has 16 heavy (non-hydrogen) atoms. The van der Waals surface area contributed by atoms with Crippen molar-refractivity contribution in [1.29, 1.82) is 0 Å². The molecule has 0 saturated carbocycles. The highest BCUT2D eigenvalue weighted by atomic mass is 32.2. The molecule has 0 fully saturated rings. The molecule has 1 aromatic heterocycles. The van der Waals surface area contributed by atoms with Crippen molar-refractivity contribution in [3.05, 3.63) is 18.0 Å². The van der Waals surface area contributed by atoms with Crippen LogP contribution < -0.4 is 5.32 Å². The van der Waals surface area contributed by atoms with Crippen LogP contribution in [0.5, 0.6) is 0 Å². The van der Waals surface area contributed by atoms with Gasteiger partial charge in [-0.3, -0.25) is 8.89 Å². The first kappa shape index (κ1) is 13.4. The van der Waals surface area contributed by atoms with E-state index in [2.05, 4.69) is 24.3 Å². The molecule has 1 unspecified atom stereocenters. The fraction of sp³-hybridized carbons (Fsp3) is 0.727. The van der Waals surface area contributed by atoms with Crippen molar-refractivity contribution in [3.63, 3.8) is 0 Å². The summed E-state index contributed by atoms with van der Waals surface area (Å²) in [5.41, 5.74) is 1.06. The molecule has 1 rings (SSSR count). The molecule has 0 aromatic carbocycles. The number of hydrogen-bond acceptors (Lipinski definition) is 3. The highest BCUT2D eigenvalue weighted by Crippen LogP contribution is 2.03. The lowest BCUT2D eigenvalue weighted by molar-refractivity contribution is 0.521. The maximum Gasteiger partial charge on any atom is 0.0762 e. The lowest BCUT2D eigenvalue weighted by Crippen LogP contribution is -2.17. The van der Waals surface area contributed by atoms with E-state index in [4.69, 9.17) is 0 Å². The van der Waals surface area contributed by atoms with Crippen molar-refractivity contribution in [2.75, 3.05) is 18.6 Å². The molecule has 92 valence electrons. The van der Waals surface area contributed by atoms with Crippen LogP contribution in [0.1, 0.15) is 32.0 Å². The van der Waals surface area contributed by atoms with Crippen molar-refractivity contribution < 1.29 is 4.21 Å². The molecule has 0 spiro atoms. The second-order valence-corrected chi connectivity index (χ2v) is 5.74. The first-order valence-corrected chi connectivity index (χ1v) is 7.37. The van der Waals surface area contributed by atoms with Gasteiger partial charge in [-0.05, 0) is 32.9 Å². The molecule has 0 aliphatic carbocycles. The lowest BCUT2D eigenvalue weighted by Gasteiger charge is -2.04. The minimum absolute atomic E-state index is 0.413. The van der Waals surface area contributed by atoms with E-state index < -0.39 is 10.8 Å². The lowest BCUT2D eigenvalue weighted by atomic mass is 10.4. The zero-order valence-electron chi connectivity index (χ0n) is 10.3. The predicted octanol–water partition coefficient (Wildman–Crippen LogP) is 1.32. The molecule has 0 amide bonds. The van der Waals surface area contributed by atoms with E-state index in [1.54, 1.807) is 6.26 Å². The molecule has 0 bridgehead atoms. The maximum absolute atomic E-state index is 10.8. The second-order valence-electron chi connectivity index (χ2n) is 4.19. The van der Waals surface area contributed by atoms with Gasteiger partial charge in [0.05, 0.1) is 5.69 Å². The van der Waals surface area contributed by atoms with E-state index >= 15 is 0 Å². The quantitative estimate of drug-likeness (QED) is 0.735. The van der Waals surface area contributed by atoms with E-state index in [0.29, 0.717) is 6.04 Å². The summed E-state index contributed by atoms with van der Waals surface area (Å²) in [5, 5.41) is 7.74. The van der Waals surface area contributed by atoms with Crippen molar-refractivity contribution in [3.8, 4) is 0 Å². The third-order valence-corrected chi connectivity index (χ3v) is 3.15. The monoisotopic (exact) mass is 243 g/mol. The molecule has 1 heterocycles. The van der Waals surface area contributed by atoms with Crippen molar-refractivity contribution in [2.45, 2.75) is 32.9 Å². The SMILES string of the molecule is CC(C)n1ccc(CNCCCS(C)=O)n1. The van der Waals surface area contributed by atoms with Gasteiger partial charge in [-0.15, -0.1) is 0 Å². The van der Waals surface area contributed by atoms with Crippen molar-refractivity contribution >= 4 is 10.8 Å². The number of hydrogen-bond donors (Lipinski definition) is 1. The normalized spacial score (nSPS) is 13.2. The molecule has 1 atom stereocenters. The molecule has 0 aliphatic heterocycles. The molecule has 0 saturated heterocycles. The summed E-state index contributed by atoms with van der Waals surface area (Å²) in [6.45, 7) is 5.91. The van der Waals surface area contributed by atoms with Gasteiger partial charge in [0.15, 0.2) is 0 Å². The van der Waals surface area contributed by atoms with Crippen LogP contribution in [0, 0.1) is 0 Å². The van der Waals surface area contributed by atoms with Crippen LogP contribution in [0.15, 0.2) is 12.3 Å². The first-order valence-electron chi connectivity index (χ1n) is 5.64. The van der Waals surface area contributed by atoms with E-state index in [0.717, 1.165) is 31.0 Å². The molecule has 1 N–H and O–H groups in total. The van der Waals surface area contributed by atoms with Gasteiger partial charge < -0.3 is 5.32 Å². The van der Waals surface area contributed by atoms with Gasteiger partial charge in [-0.2, -0.15) is 5.10 Å². The Morgan fingerprint density at radius 1 is 1.56 bits per heavy atom. The van der Waals surface area contributed by atoms with Crippen LogP contribution in [-0.4, -0.2) is 32.5 Å². The van der Waals surface area contributed by atoms with Gasteiger partial charge in [0, 0.05) is 41.6 Å². The van der Waals surface area contributed by atoms with Gasteiger partial charge in [0.25, 0.3) is 0 Å². The molecule has 5 heteroatoms. The molecular formula is C11H21N3OS. The Hall–Kier alpha value is -0.680. The van der Waals surface area contributed by atoms with E-state index in [1.165, 1.54) is 0 Å². The van der Waals surface area contributed by atoms with Gasteiger partial charge in [0.2, 0.25) is 0 Å². The highest BCUT2D eigenvalue weighted by molar-refractivity contribution is 7.84. The predicted molar refractivity (Wildman–Crippen MR) is 67.9 cm³/mol. The van der Waals surface area contributed by atoms with Gasteiger partial charge in [-0.25, -0.2) is 0 Å². The largest absolute Gasteiger partial charge is 0.311 e. The van der Waals surface area contributed by atoms with E-state index in [-0.39, 0.29) is 0 Å². The fourth-order valence-electron chi connectivity index (χ4n) is 1.38. The topological polar surface area (TPSA) is 46.9 Å². The maximum atomic E-state index is 10.8. The van der Waals surface area contributed by atoms with Crippen LogP contribution in [0.25, 0.3) is 0 Å².